The molecule has 4 aromatic rings. The summed E-state index contributed by atoms with van der Waals surface area (Å²) in [6.45, 7) is 2.07. The number of fused-ring (bicyclic) bond motifs is 2. The molecule has 0 bridgehead atoms. The number of anilines is 2. The number of H-pyrrole nitrogens is 1. The predicted molar refractivity (Wildman–Crippen MR) is 111 cm³/mol. The number of nitro benzene ring substituents is 1. The number of aromatic amines is 1. The van der Waals surface area contributed by atoms with E-state index in [9.17, 15) is 14.9 Å². The molecule has 0 spiro atoms. The van der Waals surface area contributed by atoms with Crippen LogP contribution in [0.3, 0.4) is 0 Å². The number of nitrogens with zero attached hydrogens (tertiary/aromatic N) is 6. The average molecular weight is 416 g/mol. The van der Waals surface area contributed by atoms with Crippen molar-refractivity contribution < 1.29 is 4.92 Å². The number of rotatable bonds is 4. The van der Waals surface area contributed by atoms with Crippen molar-refractivity contribution >= 4 is 17.3 Å². The minimum absolute atomic E-state index is 0.0741. The summed E-state index contributed by atoms with van der Waals surface area (Å²) < 4.78 is 1.57. The first-order valence-corrected chi connectivity index (χ1v) is 9.58. The Balaban J connectivity index is 1.78. The molecule has 2 aromatic heterocycles. The van der Waals surface area contributed by atoms with Crippen LogP contribution in [-0.4, -0.2) is 35.3 Å². The predicted octanol–water partition coefficient (Wildman–Crippen LogP) is 2.59. The van der Waals surface area contributed by atoms with E-state index in [1.807, 2.05) is 24.3 Å². The highest BCUT2D eigenvalue weighted by Crippen LogP contribution is 2.41. The van der Waals surface area contributed by atoms with E-state index in [0.717, 1.165) is 17.5 Å². The fourth-order valence-electron chi connectivity index (χ4n) is 3.77. The third kappa shape index (κ3) is 3.03. The minimum Gasteiger partial charge on any atom is -0.318 e. The zero-order chi connectivity index (χ0) is 21.5. The highest BCUT2D eigenvalue weighted by molar-refractivity contribution is 5.76. The van der Waals surface area contributed by atoms with Crippen molar-refractivity contribution in [3.05, 3.63) is 85.7 Å². The van der Waals surface area contributed by atoms with Gasteiger partial charge in [0.2, 0.25) is 5.95 Å². The molecule has 0 unspecified atom stereocenters. The molecular weight excluding hydrogens is 400 g/mol. The van der Waals surface area contributed by atoms with Gasteiger partial charge in [-0.15, -0.1) is 0 Å². The van der Waals surface area contributed by atoms with E-state index in [4.69, 9.17) is 0 Å². The van der Waals surface area contributed by atoms with Gasteiger partial charge in [0, 0.05) is 23.3 Å². The Bertz CT molecular complexity index is 1360. The summed E-state index contributed by atoms with van der Waals surface area (Å²) in [7, 11) is 0. The van der Waals surface area contributed by atoms with Crippen molar-refractivity contribution in [3.63, 3.8) is 0 Å². The molecule has 0 saturated carbocycles. The Morgan fingerprint density at radius 1 is 1.19 bits per heavy atom. The molecule has 11 heteroatoms. The maximum atomic E-state index is 12.7. The van der Waals surface area contributed by atoms with Crippen molar-refractivity contribution in [2.24, 2.45) is 0 Å². The smallest absolute Gasteiger partial charge is 0.288 e. The van der Waals surface area contributed by atoms with Crippen LogP contribution in [0.25, 0.3) is 11.3 Å². The first-order valence-electron chi connectivity index (χ1n) is 9.58. The summed E-state index contributed by atoms with van der Waals surface area (Å²) in [4.78, 5) is 23.5. The molecule has 0 amide bonds. The number of non-ortho nitro benzene ring substituents is 1. The molecule has 0 fully saturated rings. The molecule has 154 valence electrons. The van der Waals surface area contributed by atoms with Gasteiger partial charge in [-0.3, -0.25) is 14.9 Å². The highest BCUT2D eigenvalue weighted by atomic mass is 16.6. The molecule has 5 rings (SSSR count). The Labute approximate surface area is 174 Å². The molecule has 2 N–H and O–H groups in total. The van der Waals surface area contributed by atoms with E-state index in [-0.39, 0.29) is 11.4 Å². The van der Waals surface area contributed by atoms with Crippen LogP contribution >= 0.6 is 0 Å². The fourth-order valence-corrected chi connectivity index (χ4v) is 3.77. The van der Waals surface area contributed by atoms with E-state index in [1.54, 1.807) is 16.8 Å². The van der Waals surface area contributed by atoms with Crippen LogP contribution in [0.1, 0.15) is 29.7 Å². The summed E-state index contributed by atoms with van der Waals surface area (Å²) in [5.74, 6) is 0.318. The van der Waals surface area contributed by atoms with E-state index in [1.165, 1.54) is 12.1 Å². The third-order valence-electron chi connectivity index (χ3n) is 5.30. The molecule has 1 aliphatic heterocycles. The van der Waals surface area contributed by atoms with Crippen LogP contribution in [0, 0.1) is 10.1 Å². The van der Waals surface area contributed by atoms with Crippen molar-refractivity contribution in [2.75, 3.05) is 5.32 Å². The van der Waals surface area contributed by atoms with E-state index < -0.39 is 16.5 Å². The maximum Gasteiger partial charge on any atom is 0.288 e. The first kappa shape index (κ1) is 18.6. The lowest BCUT2D eigenvalue weighted by molar-refractivity contribution is -0.384. The van der Waals surface area contributed by atoms with Crippen LogP contribution in [0.4, 0.5) is 17.3 Å². The number of aromatic nitrogens is 6. The van der Waals surface area contributed by atoms with Gasteiger partial charge < -0.3 is 5.32 Å². The molecule has 1 atom stereocenters. The van der Waals surface area contributed by atoms with Crippen LogP contribution in [0.5, 0.6) is 0 Å². The topological polar surface area (TPSA) is 145 Å². The lowest BCUT2D eigenvalue weighted by Gasteiger charge is -2.27. The summed E-state index contributed by atoms with van der Waals surface area (Å²) in [6, 6.07) is 13.5. The van der Waals surface area contributed by atoms with Crippen LogP contribution < -0.4 is 10.9 Å². The first-order chi connectivity index (χ1) is 15.1. The van der Waals surface area contributed by atoms with Gasteiger partial charge in [0.15, 0.2) is 0 Å². The summed E-state index contributed by atoms with van der Waals surface area (Å²) in [5, 5.41) is 32.8. The second-order valence-electron chi connectivity index (χ2n) is 7.07. The summed E-state index contributed by atoms with van der Waals surface area (Å²) in [5.41, 5.74) is 3.19. The van der Waals surface area contributed by atoms with Gasteiger partial charge >= 0.3 is 0 Å². The van der Waals surface area contributed by atoms with Gasteiger partial charge in [-0.2, -0.15) is 9.78 Å². The second kappa shape index (κ2) is 7.13. The molecule has 31 heavy (non-hydrogen) atoms. The lowest BCUT2D eigenvalue weighted by Crippen LogP contribution is -2.29. The number of tetrazole rings is 1. The van der Waals surface area contributed by atoms with Gasteiger partial charge in [0.05, 0.1) is 10.6 Å². The van der Waals surface area contributed by atoms with Gasteiger partial charge in [0.1, 0.15) is 11.7 Å². The van der Waals surface area contributed by atoms with Crippen LogP contribution in [0.15, 0.2) is 53.3 Å². The van der Waals surface area contributed by atoms with Gasteiger partial charge in [0.25, 0.3) is 11.2 Å². The van der Waals surface area contributed by atoms with Crippen LogP contribution in [0.2, 0.25) is 0 Å². The number of nitrogens with one attached hydrogen (secondary N) is 2. The van der Waals surface area contributed by atoms with Gasteiger partial charge in [-0.05, 0) is 28.0 Å². The molecule has 3 heterocycles. The Kier molecular flexibility index (Phi) is 4.28. The zero-order valence-electron chi connectivity index (χ0n) is 16.3. The molecule has 1 aliphatic rings. The number of hydrogen-bond acceptors (Lipinski definition) is 8. The molecule has 0 aliphatic carbocycles. The summed E-state index contributed by atoms with van der Waals surface area (Å²) >= 11 is 0. The molecule has 2 aromatic carbocycles. The maximum absolute atomic E-state index is 12.7. The lowest BCUT2D eigenvalue weighted by atomic mass is 9.92. The minimum atomic E-state index is -0.545. The van der Waals surface area contributed by atoms with Crippen molar-refractivity contribution in [1.82, 2.24) is 30.4 Å². The quantitative estimate of drug-likeness (QED) is 0.336. The Morgan fingerprint density at radius 2 is 2.00 bits per heavy atom. The average Bonchev–Trinajstić information content (AvgIpc) is 3.27. The number of nitro groups is 1. The fraction of sp³-hybridized carbons (Fsp3) is 0.150. The number of benzene rings is 2. The number of hydrogen-bond donors (Lipinski definition) is 2. The Hall–Kier alpha value is -4.41. The van der Waals surface area contributed by atoms with Gasteiger partial charge in [-0.1, -0.05) is 48.4 Å². The second-order valence-corrected chi connectivity index (χ2v) is 7.07. The monoisotopic (exact) mass is 416 g/mol. The third-order valence-corrected chi connectivity index (χ3v) is 5.30. The largest absolute Gasteiger partial charge is 0.318 e. The van der Waals surface area contributed by atoms with Crippen LogP contribution in [-0.2, 0) is 6.42 Å². The highest BCUT2D eigenvalue weighted by Gasteiger charge is 2.34. The van der Waals surface area contributed by atoms with Crippen molar-refractivity contribution in [1.29, 1.82) is 0 Å². The molecule has 11 nitrogen and oxygen atoms in total. The Morgan fingerprint density at radius 3 is 2.74 bits per heavy atom. The van der Waals surface area contributed by atoms with Crippen molar-refractivity contribution in [2.45, 2.75) is 19.4 Å². The molecular formula is C20H16N8O3. The zero-order valence-corrected chi connectivity index (χ0v) is 16.3. The van der Waals surface area contributed by atoms with Gasteiger partial charge in [-0.25, -0.2) is 5.10 Å². The standard InChI is InChI=1S/C20H16N8O3/c1-2-11-6-8-12(9-7-11)18-15-16(13-4-3-5-14(10-13)28(30)31)22-23-19(29)17(15)21-20-24-25-26-27(18)20/h3-10,18H,2H2,1H3,(H,23,29)(H,21,24,26)/t18-/m1/s1. The van der Waals surface area contributed by atoms with E-state index >= 15 is 0 Å². The van der Waals surface area contributed by atoms with E-state index in [0.29, 0.717) is 22.8 Å². The SMILES string of the molecule is CCc1ccc([C@@H]2c3c(-c4cccc([N+](=O)[O-])c4)n[nH]c(=O)c3Nc3nnnn32)cc1. The molecule has 0 saturated heterocycles. The number of aryl methyl sites for hydroxylation is 1. The van der Waals surface area contributed by atoms with Crippen molar-refractivity contribution in [3.8, 4) is 11.3 Å². The summed E-state index contributed by atoms with van der Waals surface area (Å²) in [6.07, 6.45) is 0.888. The normalized spacial score (nSPS) is 14.4. The molecule has 0 radical (unpaired) electrons. The van der Waals surface area contributed by atoms with E-state index in [2.05, 4.69) is 38.0 Å².